The Morgan fingerprint density at radius 3 is 1.78 bits per heavy atom. The molecule has 0 saturated heterocycles. The first kappa shape index (κ1) is 33.0. The fourth-order valence-electron chi connectivity index (χ4n) is 7.99. The SMILES string of the molecule is CCc1cc(C(C)(C)C)cc2c1-c1c(CC)c(CC)c(C(C)(C)C)c(C3=CC=CC3)c1[CH]2[Zr]=[C](c1ccccc1)c1ccccc1. The molecule has 0 nitrogen and oxygen atoms in total. The molecule has 0 saturated carbocycles. The molecule has 6 rings (SSSR count). The zero-order valence-electron chi connectivity index (χ0n) is 29.6. The second-order valence-electron chi connectivity index (χ2n) is 15.2. The minimum atomic E-state index is -1.29. The molecule has 0 amide bonds. The standard InChI is InChI=1S/C32H41.C13H10.Zr/c1-10-20-17-23(31(4,5)6)18-22-19-26-28(21-15-13-14-16-21)30(32(7,8)9)25(12-3)24(11-2)29(26)27(20)22;1-3-7-12(8-4-1)11-13-9-5-2-6-10-13;/h13-15,17-19H,10-12,16H2,1-9H3;1-10H;. The van der Waals surface area contributed by atoms with Crippen LogP contribution in [0.15, 0.2) is 91.0 Å². The Morgan fingerprint density at radius 2 is 1.30 bits per heavy atom. The molecule has 46 heavy (non-hydrogen) atoms. The third-order valence-corrected chi connectivity index (χ3v) is 14.4. The van der Waals surface area contributed by atoms with Crippen LogP contribution >= 0.6 is 0 Å². The topological polar surface area (TPSA) is 0 Å². The predicted octanol–water partition coefficient (Wildman–Crippen LogP) is 11.7. The summed E-state index contributed by atoms with van der Waals surface area (Å²) in [5.74, 6) is 0. The molecule has 0 fully saturated rings. The molecule has 2 aliphatic rings. The van der Waals surface area contributed by atoms with Crippen molar-refractivity contribution in [2.45, 2.75) is 102 Å². The van der Waals surface area contributed by atoms with Crippen molar-refractivity contribution in [3.63, 3.8) is 0 Å². The quantitative estimate of drug-likeness (QED) is 0.182. The fourth-order valence-corrected chi connectivity index (χ4v) is 12.3. The van der Waals surface area contributed by atoms with Crippen molar-refractivity contribution in [2.24, 2.45) is 0 Å². The van der Waals surface area contributed by atoms with E-state index in [0.29, 0.717) is 3.63 Å². The van der Waals surface area contributed by atoms with Crippen LogP contribution in [0.2, 0.25) is 0 Å². The molecule has 4 aromatic carbocycles. The zero-order valence-corrected chi connectivity index (χ0v) is 32.0. The van der Waals surface area contributed by atoms with E-state index in [2.05, 4.69) is 153 Å². The molecule has 0 bridgehead atoms. The van der Waals surface area contributed by atoms with E-state index in [9.17, 15) is 0 Å². The van der Waals surface area contributed by atoms with Crippen molar-refractivity contribution in [1.82, 2.24) is 0 Å². The number of allylic oxidation sites excluding steroid dienone is 4. The van der Waals surface area contributed by atoms with Gasteiger partial charge >= 0.3 is 292 Å². The zero-order chi connectivity index (χ0) is 32.8. The molecule has 0 aliphatic heterocycles. The molecule has 0 radical (unpaired) electrons. The second kappa shape index (κ2) is 13.0. The summed E-state index contributed by atoms with van der Waals surface area (Å²) in [5.41, 5.74) is 20.4. The molecular formula is C45H51Zr. The molecule has 1 heteroatoms. The van der Waals surface area contributed by atoms with Gasteiger partial charge in [0.1, 0.15) is 0 Å². The van der Waals surface area contributed by atoms with Gasteiger partial charge in [0.2, 0.25) is 0 Å². The van der Waals surface area contributed by atoms with Crippen LogP contribution in [-0.2, 0) is 52.8 Å². The first-order valence-electron chi connectivity index (χ1n) is 17.5. The number of aryl methyl sites for hydroxylation is 1. The van der Waals surface area contributed by atoms with Gasteiger partial charge < -0.3 is 0 Å². The summed E-state index contributed by atoms with van der Waals surface area (Å²) in [6, 6.07) is 27.8. The van der Waals surface area contributed by atoms with E-state index in [4.69, 9.17) is 0 Å². The van der Waals surface area contributed by atoms with Gasteiger partial charge in [-0.2, -0.15) is 0 Å². The molecule has 2 aliphatic carbocycles. The van der Waals surface area contributed by atoms with Crippen molar-refractivity contribution in [1.29, 1.82) is 0 Å². The molecule has 235 valence electrons. The Morgan fingerprint density at radius 1 is 0.696 bits per heavy atom. The van der Waals surface area contributed by atoms with Gasteiger partial charge in [0.05, 0.1) is 0 Å². The van der Waals surface area contributed by atoms with Crippen LogP contribution in [0.1, 0.15) is 128 Å². The van der Waals surface area contributed by atoms with Crippen LogP contribution in [0.25, 0.3) is 16.7 Å². The average Bonchev–Trinajstić information content (AvgIpc) is 3.69. The van der Waals surface area contributed by atoms with Gasteiger partial charge in [-0.15, -0.1) is 0 Å². The number of benzene rings is 4. The van der Waals surface area contributed by atoms with Gasteiger partial charge in [-0.05, 0) is 0 Å². The molecule has 0 heterocycles. The van der Waals surface area contributed by atoms with Crippen molar-refractivity contribution >= 4 is 8.78 Å². The Bertz CT molecular complexity index is 1810. The van der Waals surface area contributed by atoms with Gasteiger partial charge in [0, 0.05) is 0 Å². The minimum absolute atomic E-state index is 0.0446. The van der Waals surface area contributed by atoms with E-state index in [1.54, 1.807) is 47.7 Å². The summed E-state index contributed by atoms with van der Waals surface area (Å²) in [7, 11) is 0. The summed E-state index contributed by atoms with van der Waals surface area (Å²) in [6.07, 6.45) is 11.3. The molecule has 0 spiro atoms. The number of hydrogen-bond acceptors (Lipinski definition) is 0. The Hall–Kier alpha value is -2.89. The molecule has 1 atom stereocenters. The molecule has 4 aromatic rings. The first-order chi connectivity index (χ1) is 22.0. The third-order valence-electron chi connectivity index (χ3n) is 10.1. The van der Waals surface area contributed by atoms with E-state index in [1.807, 2.05) is 0 Å². The van der Waals surface area contributed by atoms with Gasteiger partial charge in [0.25, 0.3) is 0 Å². The summed E-state index contributed by atoms with van der Waals surface area (Å²) >= 11 is -1.29. The van der Waals surface area contributed by atoms with Gasteiger partial charge in [-0.1, -0.05) is 0 Å². The van der Waals surface area contributed by atoms with E-state index < -0.39 is 22.8 Å². The molecule has 0 N–H and O–H groups in total. The number of fused-ring (bicyclic) bond motifs is 3. The number of hydrogen-bond donors (Lipinski definition) is 0. The van der Waals surface area contributed by atoms with Crippen LogP contribution in [0.4, 0.5) is 0 Å². The van der Waals surface area contributed by atoms with E-state index in [1.165, 1.54) is 27.8 Å². The van der Waals surface area contributed by atoms with Crippen molar-refractivity contribution in [3.8, 4) is 11.1 Å². The third kappa shape index (κ3) is 5.88. The monoisotopic (exact) mass is 681 g/mol. The van der Waals surface area contributed by atoms with Crippen LogP contribution in [-0.4, -0.2) is 3.21 Å². The predicted molar refractivity (Wildman–Crippen MR) is 197 cm³/mol. The maximum atomic E-state index is 2.65. The summed E-state index contributed by atoms with van der Waals surface area (Å²) in [4.78, 5) is 0. The maximum absolute atomic E-state index is 2.65. The van der Waals surface area contributed by atoms with Crippen molar-refractivity contribution in [2.75, 3.05) is 0 Å². The first-order valence-corrected chi connectivity index (χ1v) is 20.1. The van der Waals surface area contributed by atoms with Gasteiger partial charge in [0.15, 0.2) is 0 Å². The summed E-state index contributed by atoms with van der Waals surface area (Å²) in [5, 5.41) is 0. The van der Waals surface area contributed by atoms with Crippen LogP contribution in [0.5, 0.6) is 0 Å². The van der Waals surface area contributed by atoms with Crippen LogP contribution in [0, 0.1) is 0 Å². The number of rotatable bonds is 7. The van der Waals surface area contributed by atoms with Crippen molar-refractivity contribution in [3.05, 3.63) is 147 Å². The van der Waals surface area contributed by atoms with Crippen LogP contribution < -0.4 is 0 Å². The van der Waals surface area contributed by atoms with E-state index in [0.717, 1.165) is 25.7 Å². The molecule has 0 aromatic heterocycles. The van der Waals surface area contributed by atoms with Crippen molar-refractivity contribution < 1.29 is 22.8 Å². The summed E-state index contributed by atoms with van der Waals surface area (Å²) < 4.78 is 2.04. The Balaban J connectivity index is 1.83. The second-order valence-corrected chi connectivity index (χ2v) is 18.5. The normalized spacial score (nSPS) is 15.4. The molecule has 1 unspecified atom stereocenters. The average molecular weight is 683 g/mol. The van der Waals surface area contributed by atoms with Gasteiger partial charge in [-0.25, -0.2) is 0 Å². The molecular weight excluding hydrogens is 632 g/mol. The fraction of sp³-hybridized carbons (Fsp3) is 0.356. The van der Waals surface area contributed by atoms with E-state index in [-0.39, 0.29) is 10.8 Å². The van der Waals surface area contributed by atoms with Crippen LogP contribution in [0.3, 0.4) is 0 Å². The summed E-state index contributed by atoms with van der Waals surface area (Å²) in [6.45, 7) is 21.7. The van der Waals surface area contributed by atoms with Gasteiger partial charge in [-0.3, -0.25) is 0 Å². The Labute approximate surface area is 290 Å². The Kier molecular flexibility index (Phi) is 9.31. The van der Waals surface area contributed by atoms with E-state index >= 15 is 0 Å².